The van der Waals surface area contributed by atoms with E-state index in [1.807, 2.05) is 18.2 Å². The highest BCUT2D eigenvalue weighted by molar-refractivity contribution is 9.13. The van der Waals surface area contributed by atoms with E-state index in [0.717, 1.165) is 14.6 Å². The molecular formula is C6H7Br2ClN2. The fourth-order valence-corrected chi connectivity index (χ4v) is 1.36. The fourth-order valence-electron chi connectivity index (χ4n) is 0.615. The van der Waals surface area contributed by atoms with Gasteiger partial charge >= 0.3 is 0 Å². The molecule has 62 valence electrons. The van der Waals surface area contributed by atoms with E-state index in [9.17, 15) is 0 Å². The van der Waals surface area contributed by atoms with Crippen molar-refractivity contribution < 1.29 is 0 Å². The zero-order valence-corrected chi connectivity index (χ0v) is 9.46. The molecule has 0 aliphatic rings. The topological polar surface area (TPSA) is 38.0 Å². The summed E-state index contributed by atoms with van der Waals surface area (Å²) in [6, 6.07) is 5.73. The second-order valence-electron chi connectivity index (χ2n) is 1.75. The molecule has 1 rings (SSSR count). The summed E-state index contributed by atoms with van der Waals surface area (Å²) in [7, 11) is 0. The molecule has 0 atom stereocenters. The second kappa shape index (κ2) is 4.98. The number of nitrogens with two attached hydrogens (primary N) is 1. The minimum atomic E-state index is 0. The molecule has 1 aromatic carbocycles. The van der Waals surface area contributed by atoms with Gasteiger partial charge in [-0.05, 0) is 44.0 Å². The van der Waals surface area contributed by atoms with E-state index < -0.39 is 0 Å². The molecule has 3 N–H and O–H groups in total. The van der Waals surface area contributed by atoms with Crippen molar-refractivity contribution in [3.05, 3.63) is 27.1 Å². The Morgan fingerprint density at radius 3 is 2.36 bits per heavy atom. The van der Waals surface area contributed by atoms with Gasteiger partial charge in [-0.1, -0.05) is 6.07 Å². The number of hydrogen-bond acceptors (Lipinski definition) is 2. The molecule has 0 spiro atoms. The molecule has 0 bridgehead atoms. The lowest BCUT2D eigenvalue weighted by Gasteiger charge is -2.02. The lowest BCUT2D eigenvalue weighted by atomic mass is 10.3. The standard InChI is InChI=1S/C6H6Br2N2.ClH/c7-4-2-1-3-5(10-9)6(4)8;/h1-3,10H,9H2;1H. The Morgan fingerprint density at radius 1 is 1.27 bits per heavy atom. The van der Waals surface area contributed by atoms with Crippen LogP contribution in [-0.2, 0) is 0 Å². The van der Waals surface area contributed by atoms with Crippen molar-refractivity contribution in [3.63, 3.8) is 0 Å². The molecule has 0 saturated heterocycles. The number of hydrogen-bond donors (Lipinski definition) is 2. The van der Waals surface area contributed by atoms with Gasteiger partial charge in [-0.2, -0.15) is 0 Å². The minimum absolute atomic E-state index is 0. The van der Waals surface area contributed by atoms with E-state index in [-0.39, 0.29) is 12.4 Å². The third kappa shape index (κ3) is 2.63. The first kappa shape index (κ1) is 11.2. The quantitative estimate of drug-likeness (QED) is 0.618. The zero-order valence-electron chi connectivity index (χ0n) is 5.47. The van der Waals surface area contributed by atoms with E-state index in [2.05, 4.69) is 37.3 Å². The van der Waals surface area contributed by atoms with Gasteiger partial charge in [-0.3, -0.25) is 5.84 Å². The average molecular weight is 302 g/mol. The largest absolute Gasteiger partial charge is 0.323 e. The van der Waals surface area contributed by atoms with Gasteiger partial charge in [0.2, 0.25) is 0 Å². The maximum absolute atomic E-state index is 5.22. The van der Waals surface area contributed by atoms with Crippen LogP contribution in [0.4, 0.5) is 5.69 Å². The summed E-state index contributed by atoms with van der Waals surface area (Å²) in [5.74, 6) is 5.22. The lowest BCUT2D eigenvalue weighted by molar-refractivity contribution is 1.33. The lowest BCUT2D eigenvalue weighted by Crippen LogP contribution is -2.06. The number of nitrogens with one attached hydrogen (secondary N) is 1. The normalized spacial score (nSPS) is 8.64. The maximum Gasteiger partial charge on any atom is 0.0638 e. The summed E-state index contributed by atoms with van der Waals surface area (Å²) in [6.45, 7) is 0. The Balaban J connectivity index is 0.000001000. The third-order valence-electron chi connectivity index (χ3n) is 1.11. The van der Waals surface area contributed by atoms with Crippen LogP contribution < -0.4 is 11.3 Å². The first-order chi connectivity index (χ1) is 4.75. The van der Waals surface area contributed by atoms with Crippen molar-refractivity contribution in [3.8, 4) is 0 Å². The van der Waals surface area contributed by atoms with Gasteiger partial charge in [-0.25, -0.2) is 0 Å². The van der Waals surface area contributed by atoms with Crippen LogP contribution in [0.15, 0.2) is 27.1 Å². The first-order valence-corrected chi connectivity index (χ1v) is 4.25. The van der Waals surface area contributed by atoms with Crippen molar-refractivity contribution >= 4 is 50.0 Å². The highest BCUT2D eigenvalue weighted by atomic mass is 79.9. The average Bonchev–Trinajstić information content (AvgIpc) is 1.95. The summed E-state index contributed by atoms with van der Waals surface area (Å²) < 4.78 is 1.93. The molecule has 0 saturated carbocycles. The van der Waals surface area contributed by atoms with Gasteiger partial charge in [0.15, 0.2) is 0 Å². The Labute approximate surface area is 88.2 Å². The Morgan fingerprint density at radius 2 is 1.91 bits per heavy atom. The molecule has 0 radical (unpaired) electrons. The second-order valence-corrected chi connectivity index (χ2v) is 3.39. The van der Waals surface area contributed by atoms with Gasteiger partial charge < -0.3 is 5.43 Å². The molecule has 0 unspecified atom stereocenters. The molecule has 0 aliphatic heterocycles. The van der Waals surface area contributed by atoms with Gasteiger partial charge in [0.1, 0.15) is 0 Å². The van der Waals surface area contributed by atoms with Crippen LogP contribution in [-0.4, -0.2) is 0 Å². The Hall–Kier alpha value is 0.230. The van der Waals surface area contributed by atoms with E-state index in [1.165, 1.54) is 0 Å². The van der Waals surface area contributed by atoms with Crippen LogP contribution >= 0.6 is 44.3 Å². The van der Waals surface area contributed by atoms with Crippen LogP contribution in [0.3, 0.4) is 0 Å². The van der Waals surface area contributed by atoms with E-state index in [0.29, 0.717) is 0 Å². The molecule has 0 amide bonds. The van der Waals surface area contributed by atoms with Crippen molar-refractivity contribution in [2.45, 2.75) is 0 Å². The number of halogens is 3. The molecule has 0 fully saturated rings. The minimum Gasteiger partial charge on any atom is -0.323 e. The predicted octanol–water partition coefficient (Wildman–Crippen LogP) is 2.92. The van der Waals surface area contributed by atoms with Crippen LogP contribution in [0.5, 0.6) is 0 Å². The zero-order chi connectivity index (χ0) is 7.56. The van der Waals surface area contributed by atoms with Crippen LogP contribution in [0.1, 0.15) is 0 Å². The van der Waals surface area contributed by atoms with E-state index in [1.54, 1.807) is 0 Å². The Bertz CT molecular complexity index is 242. The molecule has 0 heterocycles. The fraction of sp³-hybridized carbons (Fsp3) is 0. The number of rotatable bonds is 1. The highest BCUT2D eigenvalue weighted by Gasteiger charge is 1.99. The Kier molecular flexibility index (Phi) is 5.08. The first-order valence-electron chi connectivity index (χ1n) is 2.66. The number of nitrogen functional groups attached to an aromatic ring is 1. The SMILES string of the molecule is Cl.NNc1cccc(Br)c1Br. The summed E-state index contributed by atoms with van der Waals surface area (Å²) in [5.41, 5.74) is 3.43. The molecule has 5 heteroatoms. The van der Waals surface area contributed by atoms with Gasteiger partial charge in [0.05, 0.1) is 10.2 Å². The van der Waals surface area contributed by atoms with Crippen molar-refractivity contribution in [2.75, 3.05) is 5.43 Å². The van der Waals surface area contributed by atoms with Gasteiger partial charge in [-0.15, -0.1) is 12.4 Å². The van der Waals surface area contributed by atoms with Crippen LogP contribution in [0.2, 0.25) is 0 Å². The summed E-state index contributed by atoms with van der Waals surface area (Å²) in [4.78, 5) is 0. The van der Waals surface area contributed by atoms with Crippen molar-refractivity contribution in [1.29, 1.82) is 0 Å². The van der Waals surface area contributed by atoms with Crippen LogP contribution in [0, 0.1) is 0 Å². The predicted molar refractivity (Wildman–Crippen MR) is 56.9 cm³/mol. The highest BCUT2D eigenvalue weighted by Crippen LogP contribution is 2.29. The number of anilines is 1. The molecule has 1 aromatic rings. The number of hydrazine groups is 1. The smallest absolute Gasteiger partial charge is 0.0638 e. The molecule has 2 nitrogen and oxygen atoms in total. The van der Waals surface area contributed by atoms with Crippen LogP contribution in [0.25, 0.3) is 0 Å². The van der Waals surface area contributed by atoms with Gasteiger partial charge in [0.25, 0.3) is 0 Å². The third-order valence-corrected chi connectivity index (χ3v) is 3.15. The maximum atomic E-state index is 5.22. The number of benzene rings is 1. The van der Waals surface area contributed by atoms with Crippen molar-refractivity contribution in [1.82, 2.24) is 0 Å². The van der Waals surface area contributed by atoms with E-state index >= 15 is 0 Å². The summed E-state index contributed by atoms with van der Waals surface area (Å²) >= 11 is 6.70. The summed E-state index contributed by atoms with van der Waals surface area (Å²) in [6.07, 6.45) is 0. The molecular weight excluding hydrogens is 295 g/mol. The molecule has 11 heavy (non-hydrogen) atoms. The van der Waals surface area contributed by atoms with Gasteiger partial charge in [0, 0.05) is 4.47 Å². The molecule has 0 aromatic heterocycles. The summed E-state index contributed by atoms with van der Waals surface area (Å²) in [5, 5.41) is 0. The molecule has 0 aliphatic carbocycles. The van der Waals surface area contributed by atoms with E-state index in [4.69, 9.17) is 5.84 Å². The van der Waals surface area contributed by atoms with Crippen molar-refractivity contribution in [2.24, 2.45) is 5.84 Å². The monoisotopic (exact) mass is 300 g/mol.